The van der Waals surface area contributed by atoms with Crippen molar-refractivity contribution in [2.45, 2.75) is 33.0 Å². The number of ether oxygens (including phenoxy) is 1. The van der Waals surface area contributed by atoms with Gasteiger partial charge in [-0.15, -0.1) is 5.10 Å². The molecular formula is C24H24N8O. The zero-order valence-electron chi connectivity index (χ0n) is 18.7. The molecule has 3 heterocycles. The molecule has 0 aliphatic carbocycles. The Kier molecular flexibility index (Phi) is 6.66. The van der Waals surface area contributed by atoms with Crippen molar-refractivity contribution in [1.29, 1.82) is 5.26 Å². The molecule has 0 fully saturated rings. The van der Waals surface area contributed by atoms with E-state index in [0.717, 1.165) is 17.0 Å². The molecule has 4 aromatic rings. The molecule has 166 valence electrons. The maximum atomic E-state index is 9.26. The Morgan fingerprint density at radius 3 is 2.58 bits per heavy atom. The van der Waals surface area contributed by atoms with Crippen molar-refractivity contribution in [2.75, 3.05) is 12.4 Å². The Balaban J connectivity index is 1.66. The maximum absolute atomic E-state index is 9.26. The monoisotopic (exact) mass is 440 g/mol. The van der Waals surface area contributed by atoms with E-state index in [0.29, 0.717) is 41.7 Å². The van der Waals surface area contributed by atoms with Gasteiger partial charge in [0.1, 0.15) is 5.69 Å². The van der Waals surface area contributed by atoms with Gasteiger partial charge >= 0.3 is 0 Å². The summed E-state index contributed by atoms with van der Waals surface area (Å²) in [7, 11) is 1.65. The number of pyridine rings is 1. The van der Waals surface area contributed by atoms with Gasteiger partial charge < -0.3 is 10.1 Å². The van der Waals surface area contributed by atoms with E-state index in [2.05, 4.69) is 36.7 Å². The SMILES string of the molecule is COCc1cccc(Cn2cc(-c3cc(-c4cccc(C#N)c4)nc(NC(C)C)n3)nn2)n1. The number of nitrogens with one attached hydrogen (secondary N) is 1. The minimum Gasteiger partial charge on any atom is -0.378 e. The molecular weight excluding hydrogens is 416 g/mol. The summed E-state index contributed by atoms with van der Waals surface area (Å²) in [5.41, 5.74) is 5.08. The number of hydrogen-bond donors (Lipinski definition) is 1. The largest absolute Gasteiger partial charge is 0.378 e. The zero-order valence-corrected chi connectivity index (χ0v) is 18.7. The van der Waals surface area contributed by atoms with Crippen molar-refractivity contribution in [2.24, 2.45) is 0 Å². The summed E-state index contributed by atoms with van der Waals surface area (Å²) >= 11 is 0. The summed E-state index contributed by atoms with van der Waals surface area (Å²) < 4.78 is 6.88. The van der Waals surface area contributed by atoms with Crippen LogP contribution in [0.25, 0.3) is 22.6 Å². The van der Waals surface area contributed by atoms with Gasteiger partial charge in [-0.25, -0.2) is 14.6 Å². The molecule has 0 saturated heterocycles. The number of nitrogens with zero attached hydrogens (tertiary/aromatic N) is 7. The van der Waals surface area contributed by atoms with Crippen molar-refractivity contribution in [3.05, 3.63) is 71.7 Å². The fourth-order valence-electron chi connectivity index (χ4n) is 3.30. The van der Waals surface area contributed by atoms with Crippen molar-refractivity contribution in [3.63, 3.8) is 0 Å². The van der Waals surface area contributed by atoms with Gasteiger partial charge in [-0.2, -0.15) is 5.26 Å². The number of hydrogen-bond acceptors (Lipinski definition) is 8. The minimum absolute atomic E-state index is 0.152. The van der Waals surface area contributed by atoms with E-state index in [4.69, 9.17) is 4.74 Å². The van der Waals surface area contributed by atoms with Crippen LogP contribution in [0.5, 0.6) is 0 Å². The molecule has 1 aromatic carbocycles. The second-order valence-electron chi connectivity index (χ2n) is 7.81. The standard InChI is InChI=1S/C24H24N8O/c1-16(2)26-24-28-21(18-7-4-6-17(10-18)12-25)11-22(29-24)23-14-32(31-30-23)13-19-8-5-9-20(27-19)15-33-3/h4-11,14,16H,13,15H2,1-3H3,(H,26,28,29). The molecule has 0 spiro atoms. The fourth-order valence-corrected chi connectivity index (χ4v) is 3.30. The molecule has 0 amide bonds. The molecule has 0 bridgehead atoms. The van der Waals surface area contributed by atoms with E-state index in [1.807, 2.05) is 56.4 Å². The average molecular weight is 441 g/mol. The van der Waals surface area contributed by atoms with E-state index in [9.17, 15) is 5.26 Å². The highest BCUT2D eigenvalue weighted by atomic mass is 16.5. The van der Waals surface area contributed by atoms with Gasteiger partial charge in [-0.05, 0) is 44.2 Å². The van der Waals surface area contributed by atoms with Crippen LogP contribution in [-0.4, -0.2) is 43.1 Å². The second-order valence-corrected chi connectivity index (χ2v) is 7.81. The van der Waals surface area contributed by atoms with Gasteiger partial charge in [-0.3, -0.25) is 4.98 Å². The number of rotatable bonds is 8. The highest BCUT2D eigenvalue weighted by molar-refractivity contribution is 5.68. The normalized spacial score (nSPS) is 10.9. The maximum Gasteiger partial charge on any atom is 0.224 e. The lowest BCUT2D eigenvalue weighted by Crippen LogP contribution is -2.13. The number of nitriles is 1. The molecule has 0 unspecified atom stereocenters. The van der Waals surface area contributed by atoms with Crippen molar-refractivity contribution in [1.82, 2.24) is 29.9 Å². The molecule has 1 N–H and O–H groups in total. The Morgan fingerprint density at radius 1 is 1.00 bits per heavy atom. The molecule has 9 heteroatoms. The molecule has 0 radical (unpaired) electrons. The Bertz CT molecular complexity index is 1290. The number of anilines is 1. The third kappa shape index (κ3) is 5.56. The molecule has 4 rings (SSSR count). The molecule has 0 aliphatic heterocycles. The van der Waals surface area contributed by atoms with Crippen LogP contribution < -0.4 is 5.32 Å². The third-order valence-corrected chi connectivity index (χ3v) is 4.71. The van der Waals surface area contributed by atoms with Gasteiger partial charge in [0.05, 0.1) is 53.8 Å². The Hall–Kier alpha value is -4.16. The molecule has 0 saturated carbocycles. The van der Waals surface area contributed by atoms with Gasteiger partial charge in [0.2, 0.25) is 5.95 Å². The predicted molar refractivity (Wildman–Crippen MR) is 124 cm³/mol. The smallest absolute Gasteiger partial charge is 0.224 e. The third-order valence-electron chi connectivity index (χ3n) is 4.71. The van der Waals surface area contributed by atoms with E-state index in [1.54, 1.807) is 23.9 Å². The molecule has 33 heavy (non-hydrogen) atoms. The molecule has 0 atom stereocenters. The van der Waals surface area contributed by atoms with Crippen molar-refractivity contribution in [3.8, 4) is 28.7 Å². The van der Waals surface area contributed by atoms with Crippen LogP contribution in [0.15, 0.2) is 54.7 Å². The topological polar surface area (TPSA) is 114 Å². The van der Waals surface area contributed by atoms with Crippen LogP contribution in [0.3, 0.4) is 0 Å². The van der Waals surface area contributed by atoms with Gasteiger partial charge in [0.15, 0.2) is 0 Å². The van der Waals surface area contributed by atoms with E-state index in [-0.39, 0.29) is 6.04 Å². The Morgan fingerprint density at radius 2 is 1.79 bits per heavy atom. The van der Waals surface area contributed by atoms with Crippen LogP contribution in [0, 0.1) is 11.3 Å². The Labute approximate surface area is 192 Å². The van der Waals surface area contributed by atoms with Crippen molar-refractivity contribution < 1.29 is 4.74 Å². The first-order chi connectivity index (χ1) is 16.0. The van der Waals surface area contributed by atoms with E-state index >= 15 is 0 Å². The summed E-state index contributed by atoms with van der Waals surface area (Å²) in [5, 5.41) is 21.1. The van der Waals surface area contributed by atoms with E-state index in [1.165, 1.54) is 0 Å². The molecule has 3 aromatic heterocycles. The fraction of sp³-hybridized carbons (Fsp3) is 0.250. The minimum atomic E-state index is 0.152. The average Bonchev–Trinajstić information content (AvgIpc) is 3.27. The lowest BCUT2D eigenvalue weighted by atomic mass is 10.1. The zero-order chi connectivity index (χ0) is 23.2. The van der Waals surface area contributed by atoms with E-state index < -0.39 is 0 Å². The van der Waals surface area contributed by atoms with Gasteiger partial charge in [0.25, 0.3) is 0 Å². The number of aromatic nitrogens is 6. The molecule has 9 nitrogen and oxygen atoms in total. The molecule has 0 aliphatic rings. The number of benzene rings is 1. The first-order valence-corrected chi connectivity index (χ1v) is 10.5. The summed E-state index contributed by atoms with van der Waals surface area (Å²) in [6, 6.07) is 17.3. The first-order valence-electron chi connectivity index (χ1n) is 10.5. The van der Waals surface area contributed by atoms with Crippen molar-refractivity contribution >= 4 is 5.95 Å². The van der Waals surface area contributed by atoms with Crippen LogP contribution in [0.2, 0.25) is 0 Å². The number of methoxy groups -OCH3 is 1. The first kappa shape index (κ1) is 22.0. The lowest BCUT2D eigenvalue weighted by Gasteiger charge is -2.11. The summed E-state index contributed by atoms with van der Waals surface area (Å²) in [5.74, 6) is 0.489. The van der Waals surface area contributed by atoms with Gasteiger partial charge in [-0.1, -0.05) is 23.4 Å². The van der Waals surface area contributed by atoms with Crippen LogP contribution in [0.4, 0.5) is 5.95 Å². The summed E-state index contributed by atoms with van der Waals surface area (Å²) in [6.45, 7) is 4.97. The lowest BCUT2D eigenvalue weighted by molar-refractivity contribution is 0.181. The second kappa shape index (κ2) is 9.97. The van der Waals surface area contributed by atoms with Gasteiger partial charge in [0, 0.05) is 18.7 Å². The summed E-state index contributed by atoms with van der Waals surface area (Å²) in [4.78, 5) is 13.9. The highest BCUT2D eigenvalue weighted by Crippen LogP contribution is 2.25. The van der Waals surface area contributed by atoms with Crippen LogP contribution in [0.1, 0.15) is 30.8 Å². The van der Waals surface area contributed by atoms with Crippen LogP contribution in [-0.2, 0) is 17.9 Å². The summed E-state index contributed by atoms with van der Waals surface area (Å²) in [6.07, 6.45) is 1.83. The highest BCUT2D eigenvalue weighted by Gasteiger charge is 2.13. The van der Waals surface area contributed by atoms with Crippen LogP contribution >= 0.6 is 0 Å². The predicted octanol–water partition coefficient (Wildman–Crippen LogP) is 3.68. The quantitative estimate of drug-likeness (QED) is 0.441.